The van der Waals surface area contributed by atoms with Gasteiger partial charge in [-0.3, -0.25) is 4.79 Å². The fourth-order valence-electron chi connectivity index (χ4n) is 4.17. The maximum atomic E-state index is 13.1. The number of nitrogens with one attached hydrogen (secondary N) is 1. The van der Waals surface area contributed by atoms with Crippen LogP contribution in [0.1, 0.15) is 30.4 Å². The van der Waals surface area contributed by atoms with Crippen LogP contribution in [0.2, 0.25) is 0 Å². The van der Waals surface area contributed by atoms with E-state index in [4.69, 9.17) is 9.47 Å². The summed E-state index contributed by atoms with van der Waals surface area (Å²) in [5.41, 5.74) is 3.76. The first kappa shape index (κ1) is 19.4. The smallest absolute Gasteiger partial charge is 0.253 e. The summed E-state index contributed by atoms with van der Waals surface area (Å²) < 4.78 is 13.3. The minimum Gasteiger partial charge on any atom is -0.385 e. The lowest BCUT2D eigenvalue weighted by Crippen LogP contribution is -2.49. The summed E-state index contributed by atoms with van der Waals surface area (Å²) in [5.74, 6) is 0.127. The third-order valence-electron chi connectivity index (χ3n) is 5.74. The summed E-state index contributed by atoms with van der Waals surface area (Å²) in [4.78, 5) is 15.2. The van der Waals surface area contributed by atoms with E-state index in [1.165, 1.54) is 22.0 Å². The van der Waals surface area contributed by atoms with Crippen molar-refractivity contribution >= 4 is 16.8 Å². The minimum absolute atomic E-state index is 0.127. The van der Waals surface area contributed by atoms with E-state index in [0.29, 0.717) is 25.7 Å². The molecule has 1 saturated heterocycles. The van der Waals surface area contributed by atoms with Crippen molar-refractivity contribution in [1.29, 1.82) is 0 Å². The van der Waals surface area contributed by atoms with E-state index < -0.39 is 0 Å². The van der Waals surface area contributed by atoms with Crippen LogP contribution in [0.4, 0.5) is 0 Å². The number of aryl methyl sites for hydroxylation is 2. The van der Waals surface area contributed by atoms with Gasteiger partial charge in [0.2, 0.25) is 0 Å². The highest BCUT2D eigenvalue weighted by molar-refractivity contribution is 5.88. The highest BCUT2D eigenvalue weighted by Gasteiger charge is 2.37. The van der Waals surface area contributed by atoms with Crippen molar-refractivity contribution in [2.24, 2.45) is 0 Å². The van der Waals surface area contributed by atoms with E-state index in [-0.39, 0.29) is 12.0 Å². The Morgan fingerprint density at radius 2 is 2.25 bits per heavy atom. The number of carbonyl (C=O) groups is 1. The van der Waals surface area contributed by atoms with Crippen LogP contribution in [-0.4, -0.2) is 60.9 Å². The van der Waals surface area contributed by atoms with Crippen LogP contribution in [0.5, 0.6) is 0 Å². The number of amides is 1. The van der Waals surface area contributed by atoms with Crippen LogP contribution >= 0.6 is 0 Å². The maximum Gasteiger partial charge on any atom is 0.253 e. The highest BCUT2D eigenvalue weighted by Crippen LogP contribution is 2.32. The summed E-state index contributed by atoms with van der Waals surface area (Å²) in [6.45, 7) is 6.51. The number of rotatable bonds is 8. The predicted molar refractivity (Wildman–Crippen MR) is 109 cm³/mol. The fourth-order valence-corrected chi connectivity index (χ4v) is 4.17. The molecule has 2 aromatic rings. The molecule has 6 heteroatoms. The Labute approximate surface area is 166 Å². The summed E-state index contributed by atoms with van der Waals surface area (Å²) >= 11 is 0. The molecule has 0 unspecified atom stereocenters. The minimum atomic E-state index is -0.355. The first-order valence-corrected chi connectivity index (χ1v) is 10.4. The molecule has 28 heavy (non-hydrogen) atoms. The van der Waals surface area contributed by atoms with Gasteiger partial charge in [0.25, 0.3) is 5.91 Å². The van der Waals surface area contributed by atoms with Crippen molar-refractivity contribution in [3.05, 3.63) is 35.5 Å². The zero-order chi connectivity index (χ0) is 19.5. The number of hydrogen-bond donors (Lipinski definition) is 1. The Hall–Kier alpha value is -1.89. The van der Waals surface area contributed by atoms with Crippen LogP contribution in [0.15, 0.2) is 24.4 Å². The van der Waals surface area contributed by atoms with E-state index in [9.17, 15) is 4.79 Å². The predicted octanol–water partition coefficient (Wildman–Crippen LogP) is 2.47. The van der Waals surface area contributed by atoms with Crippen LogP contribution < -0.4 is 5.32 Å². The number of fused-ring (bicyclic) bond motifs is 1. The molecule has 2 heterocycles. The van der Waals surface area contributed by atoms with Gasteiger partial charge in [0.1, 0.15) is 6.10 Å². The molecule has 1 atom stereocenters. The Kier molecular flexibility index (Phi) is 5.99. The van der Waals surface area contributed by atoms with Crippen molar-refractivity contribution in [3.8, 4) is 0 Å². The Balaban J connectivity index is 1.60. The lowest BCUT2D eigenvalue weighted by molar-refractivity contribution is -0.146. The van der Waals surface area contributed by atoms with Gasteiger partial charge in [-0.25, -0.2) is 0 Å². The summed E-state index contributed by atoms with van der Waals surface area (Å²) in [6, 6.07) is 6.80. The Morgan fingerprint density at radius 3 is 2.96 bits per heavy atom. The van der Waals surface area contributed by atoms with Gasteiger partial charge < -0.3 is 24.3 Å². The Morgan fingerprint density at radius 1 is 1.39 bits per heavy atom. The second kappa shape index (κ2) is 8.64. The summed E-state index contributed by atoms with van der Waals surface area (Å²) in [5, 5.41) is 4.52. The molecule has 1 aromatic carbocycles. The molecule has 0 bridgehead atoms. The lowest BCUT2D eigenvalue weighted by atomic mass is 10.1. The number of hydrogen-bond acceptors (Lipinski definition) is 4. The molecule has 1 aliphatic carbocycles. The second-order valence-corrected chi connectivity index (χ2v) is 7.93. The van der Waals surface area contributed by atoms with E-state index in [1.807, 2.05) is 4.90 Å². The van der Waals surface area contributed by atoms with Crippen molar-refractivity contribution in [2.75, 3.05) is 33.4 Å². The first-order chi connectivity index (χ1) is 13.7. The molecule has 0 radical (unpaired) electrons. The zero-order valence-electron chi connectivity index (χ0n) is 16.9. The molecule has 1 aromatic heterocycles. The van der Waals surface area contributed by atoms with Crippen LogP contribution in [0, 0.1) is 6.92 Å². The van der Waals surface area contributed by atoms with Crippen molar-refractivity contribution in [1.82, 2.24) is 14.8 Å². The fraction of sp³-hybridized carbons (Fsp3) is 0.591. The number of morpholine rings is 1. The van der Waals surface area contributed by atoms with E-state index in [1.54, 1.807) is 7.11 Å². The molecular weight excluding hydrogens is 354 g/mol. The number of ether oxygens (including phenoxy) is 2. The van der Waals surface area contributed by atoms with Gasteiger partial charge >= 0.3 is 0 Å². The van der Waals surface area contributed by atoms with Crippen molar-refractivity contribution in [2.45, 2.75) is 51.4 Å². The van der Waals surface area contributed by atoms with Crippen molar-refractivity contribution in [3.63, 3.8) is 0 Å². The molecule has 2 aliphatic rings. The third kappa shape index (κ3) is 4.09. The van der Waals surface area contributed by atoms with Gasteiger partial charge in [-0.2, -0.15) is 0 Å². The molecule has 152 valence electrons. The standard InChI is InChI=1S/C22H31N3O3/c1-16-5-3-6-19-17(14-24(21(16)19)10-4-11-27-2)15-25(18-7-8-18)22(26)20-13-23-9-12-28-20/h3,5-6,14,18,20,23H,4,7-13,15H2,1-2H3/t20-/m1/s1. The number of benzene rings is 1. The van der Waals surface area contributed by atoms with E-state index >= 15 is 0 Å². The number of para-hydroxylation sites is 1. The maximum absolute atomic E-state index is 13.1. The molecular formula is C22H31N3O3. The average Bonchev–Trinajstić information content (AvgIpc) is 3.50. The van der Waals surface area contributed by atoms with Crippen LogP contribution in [0.3, 0.4) is 0 Å². The molecule has 4 rings (SSSR count). The number of methoxy groups -OCH3 is 1. The first-order valence-electron chi connectivity index (χ1n) is 10.4. The molecule has 1 N–H and O–H groups in total. The summed E-state index contributed by atoms with van der Waals surface area (Å²) in [7, 11) is 1.74. The number of nitrogens with zero attached hydrogens (tertiary/aromatic N) is 2. The molecule has 1 saturated carbocycles. The zero-order valence-corrected chi connectivity index (χ0v) is 16.9. The largest absolute Gasteiger partial charge is 0.385 e. The molecule has 2 fully saturated rings. The van der Waals surface area contributed by atoms with Crippen LogP contribution in [0.25, 0.3) is 10.9 Å². The van der Waals surface area contributed by atoms with E-state index in [0.717, 1.165) is 39.0 Å². The molecule has 1 amide bonds. The monoisotopic (exact) mass is 385 g/mol. The van der Waals surface area contributed by atoms with Crippen molar-refractivity contribution < 1.29 is 14.3 Å². The van der Waals surface area contributed by atoms with Gasteiger partial charge in [0.05, 0.1) is 12.1 Å². The number of aromatic nitrogens is 1. The van der Waals surface area contributed by atoms with Gasteiger partial charge in [0.15, 0.2) is 0 Å². The van der Waals surface area contributed by atoms with Gasteiger partial charge in [0, 0.05) is 57.5 Å². The van der Waals surface area contributed by atoms with Gasteiger partial charge in [-0.1, -0.05) is 18.2 Å². The third-order valence-corrected chi connectivity index (χ3v) is 5.74. The second-order valence-electron chi connectivity index (χ2n) is 7.93. The average molecular weight is 386 g/mol. The topological polar surface area (TPSA) is 55.7 Å². The quantitative estimate of drug-likeness (QED) is 0.710. The Bertz CT molecular complexity index is 822. The normalized spacial score (nSPS) is 19.9. The summed E-state index contributed by atoms with van der Waals surface area (Å²) in [6.07, 6.45) is 5.04. The lowest BCUT2D eigenvalue weighted by Gasteiger charge is -2.30. The van der Waals surface area contributed by atoms with E-state index in [2.05, 4.69) is 41.2 Å². The molecule has 0 spiro atoms. The van der Waals surface area contributed by atoms with Gasteiger partial charge in [-0.05, 0) is 37.3 Å². The molecule has 1 aliphatic heterocycles. The molecule has 6 nitrogen and oxygen atoms in total. The SMILES string of the molecule is COCCCn1cc(CN(C(=O)[C@H]2CNCCO2)C2CC2)c2cccc(C)c21. The van der Waals surface area contributed by atoms with Gasteiger partial charge in [-0.15, -0.1) is 0 Å². The number of carbonyl (C=O) groups excluding carboxylic acids is 1. The highest BCUT2D eigenvalue weighted by atomic mass is 16.5. The van der Waals surface area contributed by atoms with Crippen LogP contribution in [-0.2, 0) is 27.4 Å².